The van der Waals surface area contributed by atoms with Crippen LogP contribution in [-0.4, -0.2) is 31.2 Å². The summed E-state index contributed by atoms with van der Waals surface area (Å²) in [6.45, 7) is 11.9. The van der Waals surface area contributed by atoms with E-state index >= 15 is 0 Å². The molecule has 0 unspecified atom stereocenters. The number of aromatic hydroxyl groups is 1. The largest absolute Gasteiger partial charge is 0.504 e. The van der Waals surface area contributed by atoms with Crippen LogP contribution in [0.3, 0.4) is 0 Å². The maximum atomic E-state index is 10.6. The fraction of sp³-hybridized carbons (Fsp3) is 0.533. The highest BCUT2D eigenvalue weighted by Crippen LogP contribution is 2.38. The van der Waals surface area contributed by atoms with E-state index in [1.54, 1.807) is 0 Å². The van der Waals surface area contributed by atoms with Gasteiger partial charge in [0.25, 0.3) is 0 Å². The van der Waals surface area contributed by atoms with Crippen LogP contribution < -0.4 is 11.5 Å². The molecule has 0 fully saturated rings. The highest BCUT2D eigenvalue weighted by molar-refractivity contribution is 7.18. The normalized spacial score (nSPS) is 12.2. The fourth-order valence-electron chi connectivity index (χ4n) is 2.06. The topological polar surface area (TPSA) is 136 Å². The van der Waals surface area contributed by atoms with Crippen LogP contribution in [-0.2, 0) is 10.8 Å². The monoisotopic (exact) mass is 349 g/mol. The van der Waals surface area contributed by atoms with E-state index in [-0.39, 0.29) is 22.5 Å². The molecule has 0 aromatic carbocycles. The van der Waals surface area contributed by atoms with E-state index in [0.29, 0.717) is 27.4 Å². The molecule has 2 aromatic heterocycles. The Morgan fingerprint density at radius 1 is 0.958 bits per heavy atom. The van der Waals surface area contributed by atoms with Crippen LogP contribution in [0.15, 0.2) is 4.99 Å². The molecule has 0 radical (unpaired) electrons. The first-order chi connectivity index (χ1) is 10.9. The number of guanidine groups is 1. The van der Waals surface area contributed by atoms with Crippen molar-refractivity contribution < 1.29 is 5.11 Å². The van der Waals surface area contributed by atoms with Crippen LogP contribution >= 0.6 is 11.3 Å². The van der Waals surface area contributed by atoms with Gasteiger partial charge in [-0.15, -0.1) is 10.2 Å². The second-order valence-corrected chi connectivity index (χ2v) is 8.48. The number of nitrogens with two attached hydrogens (primary N) is 2. The van der Waals surface area contributed by atoms with E-state index in [1.165, 1.54) is 11.3 Å². The van der Waals surface area contributed by atoms with E-state index in [1.807, 2.05) is 41.5 Å². The molecule has 0 bridgehead atoms. The lowest BCUT2D eigenvalue weighted by atomic mass is 9.85. The van der Waals surface area contributed by atoms with Gasteiger partial charge in [0.15, 0.2) is 22.5 Å². The minimum Gasteiger partial charge on any atom is -0.504 e. The minimum atomic E-state index is -0.352. The van der Waals surface area contributed by atoms with E-state index in [4.69, 9.17) is 11.5 Å². The maximum absolute atomic E-state index is 10.6. The van der Waals surface area contributed by atoms with Crippen molar-refractivity contribution in [3.63, 3.8) is 0 Å². The zero-order valence-electron chi connectivity index (χ0n) is 14.7. The second kappa shape index (κ2) is 5.97. The first-order valence-electron chi connectivity index (χ1n) is 7.45. The van der Waals surface area contributed by atoms with Crippen molar-refractivity contribution in [2.45, 2.75) is 52.4 Å². The van der Waals surface area contributed by atoms with Gasteiger partial charge in [-0.1, -0.05) is 52.9 Å². The first-order valence-corrected chi connectivity index (χ1v) is 8.26. The predicted molar refractivity (Wildman–Crippen MR) is 95.5 cm³/mol. The van der Waals surface area contributed by atoms with E-state index in [9.17, 15) is 5.11 Å². The van der Waals surface area contributed by atoms with Gasteiger partial charge in [0.05, 0.1) is 11.4 Å². The second-order valence-electron chi connectivity index (χ2n) is 7.52. The van der Waals surface area contributed by atoms with Crippen molar-refractivity contribution >= 4 is 22.4 Å². The van der Waals surface area contributed by atoms with Gasteiger partial charge in [0.2, 0.25) is 5.13 Å². The molecule has 0 aliphatic rings. The molecule has 0 saturated heterocycles. The average Bonchev–Trinajstić information content (AvgIpc) is 2.83. The van der Waals surface area contributed by atoms with E-state index in [2.05, 4.69) is 25.2 Å². The molecular weight excluding hydrogens is 326 g/mol. The average molecular weight is 349 g/mol. The summed E-state index contributed by atoms with van der Waals surface area (Å²) in [5.41, 5.74) is 11.1. The Morgan fingerprint density at radius 3 is 1.88 bits per heavy atom. The third-order valence-corrected chi connectivity index (χ3v) is 3.95. The third kappa shape index (κ3) is 3.78. The first kappa shape index (κ1) is 18.1. The molecule has 0 spiro atoms. The summed E-state index contributed by atoms with van der Waals surface area (Å²) in [5, 5.41) is 19.4. The van der Waals surface area contributed by atoms with Gasteiger partial charge in [-0.3, -0.25) is 0 Å². The van der Waals surface area contributed by atoms with Crippen LogP contribution in [0, 0.1) is 0 Å². The SMILES string of the molecule is CC(C)(C)c1nc(-c2nnc(N=C(N)N)s2)nc(C(C)(C)C)c1O. The Hall–Kier alpha value is -2.29. The number of nitrogens with zero attached hydrogens (tertiary/aromatic N) is 5. The van der Waals surface area contributed by atoms with E-state index in [0.717, 1.165) is 0 Å². The Kier molecular flexibility index (Phi) is 4.49. The van der Waals surface area contributed by atoms with Gasteiger partial charge in [-0.25, -0.2) is 9.97 Å². The van der Waals surface area contributed by atoms with Crippen molar-refractivity contribution in [3.8, 4) is 16.6 Å². The molecule has 8 nitrogen and oxygen atoms in total. The summed E-state index contributed by atoms with van der Waals surface area (Å²) in [7, 11) is 0. The lowest BCUT2D eigenvalue weighted by molar-refractivity contribution is 0.407. The van der Waals surface area contributed by atoms with Gasteiger partial charge in [-0.2, -0.15) is 4.99 Å². The van der Waals surface area contributed by atoms with Gasteiger partial charge in [0, 0.05) is 10.8 Å². The van der Waals surface area contributed by atoms with Gasteiger partial charge < -0.3 is 16.6 Å². The van der Waals surface area contributed by atoms with Crippen LogP contribution in [0.2, 0.25) is 0 Å². The molecule has 2 heterocycles. The summed E-state index contributed by atoms with van der Waals surface area (Å²) in [5.74, 6) is 0.431. The summed E-state index contributed by atoms with van der Waals surface area (Å²) in [6.07, 6.45) is 0. The quantitative estimate of drug-likeness (QED) is 0.558. The Labute approximate surface area is 145 Å². The highest BCUT2D eigenvalue weighted by Gasteiger charge is 2.30. The Morgan fingerprint density at radius 2 is 1.46 bits per heavy atom. The lowest BCUT2D eigenvalue weighted by Gasteiger charge is -2.25. The minimum absolute atomic E-state index is 0.0879. The van der Waals surface area contributed by atoms with Crippen LogP contribution in [0.5, 0.6) is 5.75 Å². The highest BCUT2D eigenvalue weighted by atomic mass is 32.1. The number of hydrogen-bond acceptors (Lipinski definition) is 7. The molecule has 0 aliphatic heterocycles. The standard InChI is InChI=1S/C15H23N7OS/c1-14(2,3)8-7(23)9(15(4,5)6)19-10(18-8)11-21-22-13(24-11)20-12(16)17/h23H,1-6H3,(H4,16,17,20,22). The van der Waals surface area contributed by atoms with Crippen molar-refractivity contribution in [3.05, 3.63) is 11.4 Å². The fourth-order valence-corrected chi connectivity index (χ4v) is 2.73. The van der Waals surface area contributed by atoms with Crippen molar-refractivity contribution in [2.75, 3.05) is 0 Å². The van der Waals surface area contributed by atoms with Gasteiger partial charge >= 0.3 is 0 Å². The van der Waals surface area contributed by atoms with E-state index < -0.39 is 0 Å². The van der Waals surface area contributed by atoms with Crippen molar-refractivity contribution in [1.29, 1.82) is 0 Å². The zero-order chi connectivity index (χ0) is 18.3. The molecule has 0 amide bonds. The van der Waals surface area contributed by atoms with Crippen molar-refractivity contribution in [2.24, 2.45) is 16.5 Å². The van der Waals surface area contributed by atoms with Gasteiger partial charge in [-0.05, 0) is 0 Å². The number of rotatable bonds is 2. The van der Waals surface area contributed by atoms with Crippen LogP contribution in [0.4, 0.5) is 5.13 Å². The summed E-state index contributed by atoms with van der Waals surface area (Å²) < 4.78 is 0. The third-order valence-electron chi connectivity index (χ3n) is 3.14. The molecule has 0 saturated carbocycles. The summed E-state index contributed by atoms with van der Waals surface area (Å²) in [6, 6.07) is 0. The lowest BCUT2D eigenvalue weighted by Crippen LogP contribution is -2.21. The van der Waals surface area contributed by atoms with Crippen LogP contribution in [0.1, 0.15) is 52.9 Å². The Balaban J connectivity index is 2.67. The number of hydrogen-bond donors (Lipinski definition) is 3. The maximum Gasteiger partial charge on any atom is 0.235 e. The summed E-state index contributed by atoms with van der Waals surface area (Å²) >= 11 is 1.18. The molecule has 2 rings (SSSR count). The molecule has 0 aliphatic carbocycles. The molecule has 2 aromatic rings. The predicted octanol–water partition coefficient (Wildman–Crippen LogP) is 2.20. The molecule has 0 atom stereocenters. The Bertz CT molecular complexity index is 745. The molecule has 130 valence electrons. The van der Waals surface area contributed by atoms with Crippen molar-refractivity contribution in [1.82, 2.24) is 20.2 Å². The number of aromatic nitrogens is 4. The molecule has 5 N–H and O–H groups in total. The van der Waals surface area contributed by atoms with Crippen LogP contribution in [0.25, 0.3) is 10.8 Å². The zero-order valence-corrected chi connectivity index (χ0v) is 15.6. The number of aliphatic imine (C=N–C) groups is 1. The smallest absolute Gasteiger partial charge is 0.235 e. The van der Waals surface area contributed by atoms with Gasteiger partial charge in [0.1, 0.15) is 0 Å². The molecular formula is C15H23N7OS. The molecule has 9 heteroatoms. The summed E-state index contributed by atoms with van der Waals surface area (Å²) in [4.78, 5) is 12.9. The molecule has 24 heavy (non-hydrogen) atoms.